The Morgan fingerprint density at radius 1 is 1.40 bits per heavy atom. The summed E-state index contributed by atoms with van der Waals surface area (Å²) in [4.78, 5) is 16.4. The van der Waals surface area contributed by atoms with Crippen molar-refractivity contribution in [1.29, 1.82) is 0 Å². The largest absolute Gasteiger partial charge is 0.388 e. The third kappa shape index (κ3) is 5.29. The molecule has 0 aromatic carbocycles. The van der Waals surface area contributed by atoms with Gasteiger partial charge in [0, 0.05) is 12.2 Å². The summed E-state index contributed by atoms with van der Waals surface area (Å²) in [6, 6.07) is 3.59. The van der Waals surface area contributed by atoms with E-state index in [-0.39, 0.29) is 12.5 Å². The fourth-order valence-corrected chi connectivity index (χ4v) is 1.98. The van der Waals surface area contributed by atoms with Crippen LogP contribution in [0.15, 0.2) is 12.1 Å². The number of rotatable bonds is 6. The maximum absolute atomic E-state index is 12.1. The Hall–Kier alpha value is -1.42. The van der Waals surface area contributed by atoms with Gasteiger partial charge < -0.3 is 10.4 Å². The highest BCUT2D eigenvalue weighted by molar-refractivity contribution is 5.95. The van der Waals surface area contributed by atoms with Crippen molar-refractivity contribution in [3.05, 3.63) is 29.1 Å². The zero-order chi connectivity index (χ0) is 15.3. The predicted molar refractivity (Wildman–Crippen MR) is 80.7 cm³/mol. The molecule has 1 amide bonds. The van der Waals surface area contributed by atoms with Crippen molar-refractivity contribution >= 4 is 5.91 Å². The number of aryl methyl sites for hydroxylation is 2. The van der Waals surface area contributed by atoms with E-state index in [1.807, 2.05) is 19.9 Å². The monoisotopic (exact) mass is 278 g/mol. The van der Waals surface area contributed by atoms with Crippen LogP contribution >= 0.6 is 0 Å². The summed E-state index contributed by atoms with van der Waals surface area (Å²) in [5.74, 6) is 0.362. The lowest BCUT2D eigenvalue weighted by atomic mass is 9.95. The minimum absolute atomic E-state index is 0.181. The smallest absolute Gasteiger partial charge is 0.253 e. The zero-order valence-electron chi connectivity index (χ0n) is 13.2. The van der Waals surface area contributed by atoms with E-state index in [4.69, 9.17) is 0 Å². The third-order valence-corrected chi connectivity index (χ3v) is 3.36. The molecule has 0 saturated carbocycles. The van der Waals surface area contributed by atoms with Gasteiger partial charge in [0.1, 0.15) is 0 Å². The Morgan fingerprint density at radius 3 is 2.60 bits per heavy atom. The van der Waals surface area contributed by atoms with Gasteiger partial charge >= 0.3 is 0 Å². The van der Waals surface area contributed by atoms with Crippen molar-refractivity contribution in [1.82, 2.24) is 10.3 Å². The number of nitrogens with zero attached hydrogens (tertiary/aromatic N) is 1. The fraction of sp³-hybridized carbons (Fsp3) is 0.625. The van der Waals surface area contributed by atoms with Gasteiger partial charge in [-0.15, -0.1) is 0 Å². The molecule has 1 unspecified atom stereocenters. The van der Waals surface area contributed by atoms with E-state index in [1.54, 1.807) is 13.0 Å². The maximum Gasteiger partial charge on any atom is 0.253 e. The minimum Gasteiger partial charge on any atom is -0.388 e. The van der Waals surface area contributed by atoms with E-state index in [2.05, 4.69) is 24.1 Å². The number of hydrogen-bond acceptors (Lipinski definition) is 3. The second-order valence-electron chi connectivity index (χ2n) is 6.20. The van der Waals surface area contributed by atoms with Gasteiger partial charge in [-0.2, -0.15) is 0 Å². The summed E-state index contributed by atoms with van der Waals surface area (Å²) in [7, 11) is 0. The van der Waals surface area contributed by atoms with E-state index in [0.717, 1.165) is 12.1 Å². The van der Waals surface area contributed by atoms with Crippen molar-refractivity contribution in [2.45, 2.75) is 53.1 Å². The molecule has 2 N–H and O–H groups in total. The molecule has 4 nitrogen and oxygen atoms in total. The quantitative estimate of drug-likeness (QED) is 0.841. The topological polar surface area (TPSA) is 62.2 Å². The van der Waals surface area contributed by atoms with Gasteiger partial charge in [0.05, 0.1) is 16.9 Å². The predicted octanol–water partition coefficient (Wildman–Crippen LogP) is 2.62. The number of amides is 1. The average Bonchev–Trinajstić information content (AvgIpc) is 2.34. The fourth-order valence-electron chi connectivity index (χ4n) is 1.98. The van der Waals surface area contributed by atoms with E-state index in [9.17, 15) is 9.90 Å². The van der Waals surface area contributed by atoms with Crippen LogP contribution in [0.5, 0.6) is 0 Å². The first-order chi connectivity index (χ1) is 9.21. The first-order valence-corrected chi connectivity index (χ1v) is 7.16. The van der Waals surface area contributed by atoms with Crippen LogP contribution in [-0.4, -0.2) is 28.1 Å². The molecule has 1 atom stereocenters. The average molecular weight is 278 g/mol. The third-order valence-electron chi connectivity index (χ3n) is 3.36. The lowest BCUT2D eigenvalue weighted by molar-refractivity contribution is 0.0429. The molecular formula is C16H26N2O2. The molecule has 1 aromatic heterocycles. The number of hydrogen-bond donors (Lipinski definition) is 2. The van der Waals surface area contributed by atoms with Crippen molar-refractivity contribution in [3.8, 4) is 0 Å². The minimum atomic E-state index is -0.869. The molecule has 1 heterocycles. The lowest BCUT2D eigenvalue weighted by Crippen LogP contribution is -2.41. The molecule has 0 saturated heterocycles. The van der Waals surface area contributed by atoms with Crippen molar-refractivity contribution in [3.63, 3.8) is 0 Å². The van der Waals surface area contributed by atoms with Crippen LogP contribution in [0.1, 0.15) is 55.4 Å². The molecule has 1 aromatic rings. The Bertz CT molecular complexity index is 468. The van der Waals surface area contributed by atoms with Crippen LogP contribution in [0, 0.1) is 19.8 Å². The molecule has 4 heteroatoms. The second kappa shape index (κ2) is 6.84. The summed E-state index contributed by atoms with van der Waals surface area (Å²) in [5, 5.41) is 13.0. The Kier molecular flexibility index (Phi) is 5.69. The molecule has 0 bridgehead atoms. The van der Waals surface area contributed by atoms with Gasteiger partial charge in [-0.05, 0) is 51.7 Å². The number of pyridine rings is 1. The number of carbonyl (C=O) groups is 1. The summed E-state index contributed by atoms with van der Waals surface area (Å²) in [6.07, 6.45) is 1.62. The molecule has 112 valence electrons. The normalized spacial score (nSPS) is 14.2. The van der Waals surface area contributed by atoms with Gasteiger partial charge in [0.25, 0.3) is 5.91 Å². The highest BCUT2D eigenvalue weighted by Gasteiger charge is 2.22. The summed E-state index contributed by atoms with van der Waals surface area (Å²) in [6.45, 7) is 9.97. The van der Waals surface area contributed by atoms with E-state index < -0.39 is 5.60 Å². The number of carbonyl (C=O) groups excluding carboxylic acids is 1. The van der Waals surface area contributed by atoms with Crippen molar-refractivity contribution < 1.29 is 9.90 Å². The van der Waals surface area contributed by atoms with Crippen molar-refractivity contribution in [2.75, 3.05) is 6.54 Å². The molecule has 20 heavy (non-hydrogen) atoms. The Balaban J connectivity index is 2.58. The molecule has 0 fully saturated rings. The summed E-state index contributed by atoms with van der Waals surface area (Å²) >= 11 is 0. The van der Waals surface area contributed by atoms with Gasteiger partial charge in [0.15, 0.2) is 0 Å². The van der Waals surface area contributed by atoms with Gasteiger partial charge in [-0.25, -0.2) is 0 Å². The maximum atomic E-state index is 12.1. The van der Waals surface area contributed by atoms with Crippen LogP contribution < -0.4 is 5.32 Å². The van der Waals surface area contributed by atoms with E-state index in [1.165, 1.54) is 0 Å². The van der Waals surface area contributed by atoms with Crippen LogP contribution in [0.2, 0.25) is 0 Å². The SMILES string of the molecule is Cc1ccc(C(=O)NCC(C)(O)CCC(C)C)c(C)n1. The van der Waals surface area contributed by atoms with E-state index >= 15 is 0 Å². The standard InChI is InChI=1S/C16H26N2O2/c1-11(2)8-9-16(5,20)10-17-15(19)14-7-6-12(3)18-13(14)4/h6-7,11,20H,8-10H2,1-5H3,(H,17,19). The van der Waals surface area contributed by atoms with Crippen molar-refractivity contribution in [2.24, 2.45) is 5.92 Å². The zero-order valence-corrected chi connectivity index (χ0v) is 13.2. The lowest BCUT2D eigenvalue weighted by Gasteiger charge is -2.24. The van der Waals surface area contributed by atoms with Gasteiger partial charge in [-0.1, -0.05) is 13.8 Å². The molecule has 0 aliphatic carbocycles. The molecule has 1 rings (SSSR count). The van der Waals surface area contributed by atoms with Crippen LogP contribution in [-0.2, 0) is 0 Å². The molecule has 0 radical (unpaired) electrons. The Morgan fingerprint density at radius 2 is 2.05 bits per heavy atom. The van der Waals surface area contributed by atoms with E-state index in [0.29, 0.717) is 23.6 Å². The molecule has 0 aliphatic rings. The molecular weight excluding hydrogens is 252 g/mol. The number of aromatic nitrogens is 1. The first kappa shape index (κ1) is 16.6. The Labute approximate surface area is 121 Å². The number of aliphatic hydroxyl groups is 1. The van der Waals surface area contributed by atoms with Gasteiger partial charge in [0.2, 0.25) is 0 Å². The highest BCUT2D eigenvalue weighted by atomic mass is 16.3. The second-order valence-corrected chi connectivity index (χ2v) is 6.20. The summed E-state index contributed by atoms with van der Waals surface area (Å²) in [5.41, 5.74) is 1.30. The summed E-state index contributed by atoms with van der Waals surface area (Å²) < 4.78 is 0. The van der Waals surface area contributed by atoms with Crippen LogP contribution in [0.25, 0.3) is 0 Å². The highest BCUT2D eigenvalue weighted by Crippen LogP contribution is 2.16. The number of nitrogens with one attached hydrogen (secondary N) is 1. The molecule has 0 aliphatic heterocycles. The van der Waals surface area contributed by atoms with Gasteiger partial charge in [-0.3, -0.25) is 9.78 Å². The van der Waals surface area contributed by atoms with Crippen LogP contribution in [0.4, 0.5) is 0 Å². The molecule has 0 spiro atoms. The van der Waals surface area contributed by atoms with Crippen LogP contribution in [0.3, 0.4) is 0 Å². The first-order valence-electron chi connectivity index (χ1n) is 7.16.